The van der Waals surface area contributed by atoms with Gasteiger partial charge in [-0.1, -0.05) is 0 Å². The Kier molecular flexibility index (Phi) is 2.50. The van der Waals surface area contributed by atoms with Crippen LogP contribution in [0.1, 0.15) is 26.2 Å². The van der Waals surface area contributed by atoms with Crippen LogP contribution in [0.15, 0.2) is 0 Å². The molecular formula is C9H15NO4S. The van der Waals surface area contributed by atoms with Gasteiger partial charge < -0.3 is 5.11 Å². The predicted octanol–water partition coefficient (Wildman–Crippen LogP) is 0.274. The van der Waals surface area contributed by atoms with Crippen LogP contribution in [0.3, 0.4) is 0 Å². The van der Waals surface area contributed by atoms with Crippen molar-refractivity contribution in [2.75, 3.05) is 5.75 Å². The molecule has 3 atom stereocenters. The van der Waals surface area contributed by atoms with Gasteiger partial charge in [-0.15, -0.1) is 0 Å². The fraction of sp³-hybridized carbons (Fsp3) is 0.889. The Hall–Kier alpha value is -0.620. The fourth-order valence-electron chi connectivity index (χ4n) is 2.79. The maximum atomic E-state index is 11.8. The Balaban J connectivity index is 2.28. The second kappa shape index (κ2) is 3.45. The zero-order valence-electron chi connectivity index (χ0n) is 8.59. The summed E-state index contributed by atoms with van der Waals surface area (Å²) in [6.07, 6.45) is 1.99. The highest BCUT2D eigenvalue weighted by Gasteiger charge is 2.53. The Morgan fingerprint density at radius 2 is 2.13 bits per heavy atom. The third-order valence-electron chi connectivity index (χ3n) is 3.48. The third kappa shape index (κ3) is 1.56. The molecule has 2 aliphatic rings. The lowest BCUT2D eigenvalue weighted by Crippen LogP contribution is -2.38. The molecule has 0 amide bonds. The molecule has 3 unspecified atom stereocenters. The molecule has 86 valence electrons. The monoisotopic (exact) mass is 233 g/mol. The Morgan fingerprint density at radius 1 is 1.47 bits per heavy atom. The van der Waals surface area contributed by atoms with E-state index in [2.05, 4.69) is 0 Å². The lowest BCUT2D eigenvalue weighted by Gasteiger charge is -2.21. The molecule has 0 aromatic heterocycles. The van der Waals surface area contributed by atoms with Gasteiger partial charge in [0.2, 0.25) is 10.0 Å². The molecule has 2 aliphatic heterocycles. The highest BCUT2D eigenvalue weighted by atomic mass is 32.2. The number of aliphatic carboxylic acids is 1. The van der Waals surface area contributed by atoms with Gasteiger partial charge in [-0.2, -0.15) is 4.31 Å². The quantitative estimate of drug-likeness (QED) is 0.759. The highest BCUT2D eigenvalue weighted by Crippen LogP contribution is 2.43. The number of nitrogens with zero attached hydrogens (tertiary/aromatic N) is 1. The SMILES string of the molecule is CCS(=O)(=O)N1C2CCC1C(C(=O)O)C2. The number of carboxylic acid groups (broad SMARTS) is 1. The zero-order valence-corrected chi connectivity index (χ0v) is 9.40. The van der Waals surface area contributed by atoms with E-state index in [4.69, 9.17) is 5.11 Å². The van der Waals surface area contributed by atoms with E-state index in [0.717, 1.165) is 6.42 Å². The van der Waals surface area contributed by atoms with E-state index in [0.29, 0.717) is 12.8 Å². The summed E-state index contributed by atoms with van der Waals surface area (Å²) >= 11 is 0. The van der Waals surface area contributed by atoms with Crippen molar-refractivity contribution >= 4 is 16.0 Å². The van der Waals surface area contributed by atoms with Crippen LogP contribution in [0, 0.1) is 5.92 Å². The summed E-state index contributed by atoms with van der Waals surface area (Å²) in [5, 5.41) is 8.97. The Morgan fingerprint density at radius 3 is 2.60 bits per heavy atom. The van der Waals surface area contributed by atoms with E-state index < -0.39 is 21.9 Å². The van der Waals surface area contributed by atoms with Crippen molar-refractivity contribution in [3.8, 4) is 0 Å². The zero-order chi connectivity index (χ0) is 11.2. The van der Waals surface area contributed by atoms with Gasteiger partial charge in [-0.3, -0.25) is 4.79 Å². The van der Waals surface area contributed by atoms with Crippen molar-refractivity contribution < 1.29 is 18.3 Å². The molecule has 2 saturated heterocycles. The summed E-state index contributed by atoms with van der Waals surface area (Å²) in [5.74, 6) is -1.30. The van der Waals surface area contributed by atoms with Crippen LogP contribution < -0.4 is 0 Å². The van der Waals surface area contributed by atoms with E-state index in [1.165, 1.54) is 4.31 Å². The van der Waals surface area contributed by atoms with Gasteiger partial charge in [0, 0.05) is 12.1 Å². The predicted molar refractivity (Wildman–Crippen MR) is 53.9 cm³/mol. The van der Waals surface area contributed by atoms with E-state index in [1.807, 2.05) is 0 Å². The van der Waals surface area contributed by atoms with E-state index in [-0.39, 0.29) is 17.8 Å². The minimum Gasteiger partial charge on any atom is -0.481 e. The molecule has 5 nitrogen and oxygen atoms in total. The Bertz CT molecular complexity index is 378. The van der Waals surface area contributed by atoms with Crippen LogP contribution >= 0.6 is 0 Å². The van der Waals surface area contributed by atoms with Crippen molar-refractivity contribution in [3.63, 3.8) is 0 Å². The van der Waals surface area contributed by atoms with Crippen LogP contribution in [0.25, 0.3) is 0 Å². The second-order valence-corrected chi connectivity index (χ2v) is 6.37. The minimum absolute atomic E-state index is 0.0618. The minimum atomic E-state index is -3.23. The fourth-order valence-corrected chi connectivity index (χ4v) is 4.40. The van der Waals surface area contributed by atoms with Crippen molar-refractivity contribution in [3.05, 3.63) is 0 Å². The molecule has 0 aromatic carbocycles. The number of sulfonamides is 1. The molecule has 15 heavy (non-hydrogen) atoms. The van der Waals surface area contributed by atoms with E-state index in [9.17, 15) is 13.2 Å². The van der Waals surface area contributed by atoms with E-state index >= 15 is 0 Å². The molecule has 2 heterocycles. The number of hydrogen-bond acceptors (Lipinski definition) is 3. The maximum Gasteiger partial charge on any atom is 0.308 e. The average molecular weight is 233 g/mol. The van der Waals surface area contributed by atoms with Crippen molar-refractivity contribution in [2.24, 2.45) is 5.92 Å². The summed E-state index contributed by atoms with van der Waals surface area (Å²) in [7, 11) is -3.23. The molecule has 0 spiro atoms. The first-order valence-electron chi connectivity index (χ1n) is 5.21. The summed E-state index contributed by atoms with van der Waals surface area (Å²) in [6, 6.07) is -0.363. The van der Waals surface area contributed by atoms with Crippen LogP contribution in [0.4, 0.5) is 0 Å². The first kappa shape index (κ1) is 10.9. The third-order valence-corrected chi connectivity index (χ3v) is 5.42. The topological polar surface area (TPSA) is 74.7 Å². The van der Waals surface area contributed by atoms with Gasteiger partial charge in [0.1, 0.15) is 0 Å². The molecule has 2 fully saturated rings. The number of rotatable bonds is 3. The van der Waals surface area contributed by atoms with Crippen molar-refractivity contribution in [1.29, 1.82) is 0 Å². The van der Waals surface area contributed by atoms with E-state index in [1.54, 1.807) is 6.92 Å². The Labute approximate surface area is 89.1 Å². The lowest BCUT2D eigenvalue weighted by molar-refractivity contribution is -0.142. The summed E-state index contributed by atoms with van der Waals surface area (Å²) < 4.78 is 25.0. The average Bonchev–Trinajstić information content (AvgIpc) is 2.74. The number of fused-ring (bicyclic) bond motifs is 2. The van der Waals surface area contributed by atoms with Gasteiger partial charge in [0.15, 0.2) is 0 Å². The molecule has 2 rings (SSSR count). The van der Waals surface area contributed by atoms with Crippen LogP contribution in [0.2, 0.25) is 0 Å². The second-order valence-electron chi connectivity index (χ2n) is 4.21. The number of carboxylic acids is 1. The molecule has 0 aromatic rings. The van der Waals surface area contributed by atoms with Gasteiger partial charge in [0.25, 0.3) is 0 Å². The maximum absolute atomic E-state index is 11.8. The first-order valence-corrected chi connectivity index (χ1v) is 6.82. The summed E-state index contributed by atoms with van der Waals surface area (Å²) in [6.45, 7) is 1.60. The molecule has 6 heteroatoms. The molecule has 0 aliphatic carbocycles. The van der Waals surface area contributed by atoms with Gasteiger partial charge >= 0.3 is 5.97 Å². The van der Waals surface area contributed by atoms with Crippen molar-refractivity contribution in [1.82, 2.24) is 4.31 Å². The van der Waals surface area contributed by atoms with Gasteiger partial charge in [-0.05, 0) is 26.2 Å². The molecule has 2 bridgehead atoms. The van der Waals surface area contributed by atoms with Crippen LogP contribution in [0.5, 0.6) is 0 Å². The molecule has 0 saturated carbocycles. The first-order chi connectivity index (χ1) is 6.97. The molecular weight excluding hydrogens is 218 g/mol. The smallest absolute Gasteiger partial charge is 0.308 e. The van der Waals surface area contributed by atoms with Gasteiger partial charge in [0.05, 0.1) is 11.7 Å². The van der Waals surface area contributed by atoms with Crippen LogP contribution in [-0.4, -0.2) is 41.6 Å². The molecule has 0 radical (unpaired) electrons. The number of carbonyl (C=O) groups is 1. The number of hydrogen-bond donors (Lipinski definition) is 1. The van der Waals surface area contributed by atoms with Crippen molar-refractivity contribution in [2.45, 2.75) is 38.3 Å². The summed E-state index contributed by atoms with van der Waals surface area (Å²) in [5.41, 5.74) is 0. The summed E-state index contributed by atoms with van der Waals surface area (Å²) in [4.78, 5) is 10.9. The molecule has 1 N–H and O–H groups in total. The van der Waals surface area contributed by atoms with Crippen LogP contribution in [-0.2, 0) is 14.8 Å². The lowest BCUT2D eigenvalue weighted by atomic mass is 9.89. The normalized spacial score (nSPS) is 35.9. The van der Waals surface area contributed by atoms with Gasteiger partial charge in [-0.25, -0.2) is 8.42 Å². The highest BCUT2D eigenvalue weighted by molar-refractivity contribution is 7.89. The largest absolute Gasteiger partial charge is 0.481 e. The standard InChI is InChI=1S/C9H15NO4S/c1-2-15(13,14)10-6-3-4-8(10)7(5-6)9(11)12/h6-8H,2-5H2,1H3,(H,11,12).